The number of anilines is 2. The van der Waals surface area contributed by atoms with Crippen LogP contribution in [0.15, 0.2) is 158 Å². The molecular weight excluding hydrogens is 1010 g/mol. The van der Waals surface area contributed by atoms with Crippen molar-refractivity contribution in [2.24, 2.45) is 0 Å². The number of aromatic nitrogens is 2. The van der Waals surface area contributed by atoms with Gasteiger partial charge in [0.1, 0.15) is 5.82 Å². The monoisotopic (exact) mass is 1080 g/mol. The Bertz CT molecular complexity index is 3110. The van der Waals surface area contributed by atoms with Crippen LogP contribution in [0.3, 0.4) is 0 Å². The molecule has 8 aromatic rings. The minimum absolute atomic E-state index is 0. The van der Waals surface area contributed by atoms with Gasteiger partial charge < -0.3 is 19.1 Å². The Hall–Kier alpha value is -5.90. The molecule has 0 atom stereocenters. The molecule has 5 nitrogen and oxygen atoms in total. The first-order valence-electron chi connectivity index (χ1n) is 23.7. The quantitative estimate of drug-likeness (QED) is 0.135. The number of rotatable bonds is 9. The fraction of sp³-hybridized carbons (Fsp3) is 0.290. The molecule has 0 N–H and O–H groups in total. The molecule has 1 aliphatic rings. The number of nitrogens with zero attached hydrogens (tertiary/aromatic N) is 4. The van der Waals surface area contributed by atoms with Gasteiger partial charge >= 0.3 is 0 Å². The van der Waals surface area contributed by atoms with Crippen LogP contribution in [0.1, 0.15) is 123 Å². The topological polar surface area (TPSA) is 33.5 Å². The summed E-state index contributed by atoms with van der Waals surface area (Å²) in [7, 11) is 0. The molecule has 9 rings (SSSR count). The molecular formula is C62H65N4OPt-3. The summed E-state index contributed by atoms with van der Waals surface area (Å²) in [5.41, 5.74) is 11.8. The maximum Gasteiger partial charge on any atom is 0.135 e. The number of para-hydroxylation sites is 1. The number of benzene rings is 6. The van der Waals surface area contributed by atoms with Gasteiger partial charge in [-0.2, -0.15) is 6.07 Å². The normalized spacial score (nSPS) is 13.8. The minimum atomic E-state index is -0.346. The molecule has 352 valence electrons. The zero-order chi connectivity index (χ0) is 47.7. The van der Waals surface area contributed by atoms with Crippen molar-refractivity contribution >= 4 is 33.2 Å². The van der Waals surface area contributed by atoms with Crippen molar-refractivity contribution in [3.63, 3.8) is 0 Å². The van der Waals surface area contributed by atoms with Gasteiger partial charge in [-0.05, 0) is 86.0 Å². The molecule has 0 saturated heterocycles. The molecule has 1 aliphatic heterocycles. The molecule has 0 bridgehead atoms. The zero-order valence-electron chi connectivity index (χ0n) is 42.0. The Balaban J connectivity index is 0.00000625. The summed E-state index contributed by atoms with van der Waals surface area (Å²) in [6, 6.07) is 57.5. The van der Waals surface area contributed by atoms with Crippen LogP contribution in [0, 0.1) is 18.8 Å². The SMILES string of the molecule is CC(C)(C)c1cc(Oc2[c-]c3c(cc2)c2ccccc2n3-c2cc(C(C)(C)c3ccccc3)ccn2)[c-]c(N2C=C(C(C)(C)c3ccccc3)N(c3cc(C(C)(C)C)cc(C(C)(C)C)c3)[CH-]2)c1.[Pt]. The fourth-order valence-electron chi connectivity index (χ4n) is 9.23. The first kappa shape index (κ1) is 48.6. The van der Waals surface area contributed by atoms with Crippen molar-refractivity contribution in [1.29, 1.82) is 0 Å². The Morgan fingerprint density at radius 3 is 1.69 bits per heavy atom. The predicted octanol–water partition coefficient (Wildman–Crippen LogP) is 16.1. The van der Waals surface area contributed by atoms with Crippen LogP contribution in [-0.2, 0) is 48.1 Å². The third-order valence-corrected chi connectivity index (χ3v) is 13.8. The van der Waals surface area contributed by atoms with Gasteiger partial charge in [0.25, 0.3) is 0 Å². The number of pyridine rings is 1. The van der Waals surface area contributed by atoms with Crippen molar-refractivity contribution in [3.8, 4) is 17.3 Å². The van der Waals surface area contributed by atoms with Crippen molar-refractivity contribution in [2.75, 3.05) is 9.80 Å². The van der Waals surface area contributed by atoms with Gasteiger partial charge in [0, 0.05) is 66.5 Å². The van der Waals surface area contributed by atoms with Crippen LogP contribution in [-0.4, -0.2) is 9.55 Å². The third kappa shape index (κ3) is 9.32. The van der Waals surface area contributed by atoms with Crippen LogP contribution in [0.25, 0.3) is 27.6 Å². The smallest absolute Gasteiger partial charge is 0.135 e. The molecule has 0 spiro atoms. The van der Waals surface area contributed by atoms with Crippen molar-refractivity contribution < 1.29 is 25.8 Å². The zero-order valence-corrected chi connectivity index (χ0v) is 44.3. The summed E-state index contributed by atoms with van der Waals surface area (Å²) < 4.78 is 9.13. The molecule has 0 aliphatic carbocycles. The summed E-state index contributed by atoms with van der Waals surface area (Å²) in [6.45, 7) is 32.0. The van der Waals surface area contributed by atoms with Crippen LogP contribution < -0.4 is 14.5 Å². The van der Waals surface area contributed by atoms with E-state index >= 15 is 0 Å². The Kier molecular flexibility index (Phi) is 12.8. The number of hydrogen-bond acceptors (Lipinski definition) is 4. The number of allylic oxidation sites excluding steroid dienone is 1. The van der Waals surface area contributed by atoms with Gasteiger partial charge in [0.15, 0.2) is 0 Å². The molecule has 0 radical (unpaired) electrons. The van der Waals surface area contributed by atoms with Crippen molar-refractivity contribution in [1.82, 2.24) is 9.55 Å². The van der Waals surface area contributed by atoms with Crippen LogP contribution in [0.4, 0.5) is 11.4 Å². The Labute approximate surface area is 420 Å². The summed E-state index contributed by atoms with van der Waals surface area (Å²) in [4.78, 5) is 9.59. The van der Waals surface area contributed by atoms with E-state index in [9.17, 15) is 0 Å². The standard InChI is InChI=1S/C62H65N4O.Pt/c1-58(2,3)45-32-46(59(4,5)6)35-49(34-45)65-41-64(40-56(65)62(12,13)43-24-18-15-19-25-43)48-33-47(60(7,8)9)36-51(38-48)67-50-28-29-53-52-26-20-21-27-54(52)66(55(53)39-50)57-37-44(30-31-63-57)61(10,11)42-22-16-14-17-23-42;/h14-37,40-41H,1-13H3;/q-3;. The molecule has 3 heterocycles. The van der Waals surface area contributed by atoms with Gasteiger partial charge in [-0.15, -0.1) is 53.6 Å². The van der Waals surface area contributed by atoms with E-state index in [-0.39, 0.29) is 48.1 Å². The third-order valence-electron chi connectivity index (χ3n) is 13.8. The van der Waals surface area contributed by atoms with Gasteiger partial charge in [-0.25, -0.2) is 4.98 Å². The summed E-state index contributed by atoms with van der Waals surface area (Å²) in [5, 5.41) is 2.22. The molecule has 0 saturated carbocycles. The van der Waals surface area contributed by atoms with Gasteiger partial charge in [0.2, 0.25) is 0 Å². The van der Waals surface area contributed by atoms with Crippen LogP contribution in [0.5, 0.6) is 11.5 Å². The largest absolute Gasteiger partial charge is 0.509 e. The van der Waals surface area contributed by atoms with E-state index in [1.807, 2.05) is 12.3 Å². The average molecular weight is 1080 g/mol. The minimum Gasteiger partial charge on any atom is -0.509 e. The van der Waals surface area contributed by atoms with E-state index in [0.29, 0.717) is 11.5 Å². The molecule has 0 unspecified atom stereocenters. The second-order valence-corrected chi connectivity index (χ2v) is 22.5. The fourth-order valence-corrected chi connectivity index (χ4v) is 9.23. The van der Waals surface area contributed by atoms with E-state index in [1.54, 1.807) is 0 Å². The van der Waals surface area contributed by atoms with Crippen LogP contribution in [0.2, 0.25) is 0 Å². The van der Waals surface area contributed by atoms with E-state index < -0.39 is 0 Å². The van der Waals surface area contributed by atoms with Crippen molar-refractivity contribution in [2.45, 2.75) is 117 Å². The first-order chi connectivity index (χ1) is 31.6. The molecule has 6 heteroatoms. The van der Waals surface area contributed by atoms with Crippen molar-refractivity contribution in [3.05, 3.63) is 210 Å². The average Bonchev–Trinajstić information content (AvgIpc) is 3.90. The van der Waals surface area contributed by atoms with Gasteiger partial charge in [-0.1, -0.05) is 180 Å². The molecule has 68 heavy (non-hydrogen) atoms. The molecule has 0 fully saturated rings. The second kappa shape index (κ2) is 17.9. The number of ether oxygens (including phenoxy) is 1. The number of hydrogen-bond donors (Lipinski definition) is 0. The maximum absolute atomic E-state index is 6.91. The Morgan fingerprint density at radius 2 is 1.07 bits per heavy atom. The maximum atomic E-state index is 6.91. The summed E-state index contributed by atoms with van der Waals surface area (Å²) >= 11 is 0. The predicted molar refractivity (Wildman–Crippen MR) is 281 cm³/mol. The Morgan fingerprint density at radius 1 is 0.500 bits per heavy atom. The summed E-state index contributed by atoms with van der Waals surface area (Å²) in [6.07, 6.45) is 4.21. The molecule has 0 amide bonds. The molecule has 2 aromatic heterocycles. The van der Waals surface area contributed by atoms with Gasteiger partial charge in [-0.3, -0.25) is 0 Å². The second-order valence-electron chi connectivity index (χ2n) is 22.5. The van der Waals surface area contributed by atoms with E-state index in [0.717, 1.165) is 50.3 Å². The van der Waals surface area contributed by atoms with E-state index in [4.69, 9.17) is 9.72 Å². The molecule has 6 aromatic carbocycles. The number of fused-ring (bicyclic) bond motifs is 3. The summed E-state index contributed by atoms with van der Waals surface area (Å²) in [5.74, 6) is 2.06. The van der Waals surface area contributed by atoms with E-state index in [2.05, 4.69) is 263 Å². The van der Waals surface area contributed by atoms with Gasteiger partial charge in [0.05, 0.1) is 0 Å². The van der Waals surface area contributed by atoms with Crippen LogP contribution >= 0.6 is 0 Å². The first-order valence-corrected chi connectivity index (χ1v) is 23.7. The van der Waals surface area contributed by atoms with E-state index in [1.165, 1.54) is 27.8 Å².